The van der Waals surface area contributed by atoms with E-state index < -0.39 is 5.54 Å². The molecule has 118 valence electrons. The zero-order valence-electron chi connectivity index (χ0n) is 13.8. The lowest BCUT2D eigenvalue weighted by Crippen LogP contribution is -2.53. The van der Waals surface area contributed by atoms with E-state index in [0.717, 1.165) is 5.75 Å². The van der Waals surface area contributed by atoms with Gasteiger partial charge in [-0.25, -0.2) is 0 Å². The molecule has 0 radical (unpaired) electrons. The van der Waals surface area contributed by atoms with Crippen LogP contribution in [0.25, 0.3) is 0 Å². The first kappa shape index (κ1) is 17.5. The Morgan fingerprint density at radius 3 is 2.48 bits per heavy atom. The van der Waals surface area contributed by atoms with Gasteiger partial charge in [-0.2, -0.15) is 0 Å². The lowest BCUT2D eigenvalue weighted by molar-refractivity contribution is -0.124. The molecule has 0 saturated carbocycles. The molecule has 1 aromatic rings. The highest BCUT2D eigenvalue weighted by Crippen LogP contribution is 2.25. The smallest absolute Gasteiger partial charge is 0.237 e. The topological polar surface area (TPSA) is 64.3 Å². The van der Waals surface area contributed by atoms with Crippen molar-refractivity contribution in [3.05, 3.63) is 29.8 Å². The van der Waals surface area contributed by atoms with E-state index in [1.165, 1.54) is 5.56 Å². The molecule has 1 atom stereocenters. The molecule has 0 bridgehead atoms. The number of nitrogens with one attached hydrogen (secondary N) is 1. The SMILES string of the molecule is CCNC(C)(CCOc1cccc(C(C)(C)C)c1)C(N)=O. The molecule has 21 heavy (non-hydrogen) atoms. The Balaban J connectivity index is 2.66. The maximum atomic E-state index is 11.5. The van der Waals surface area contributed by atoms with Crippen LogP contribution in [0.3, 0.4) is 0 Å². The summed E-state index contributed by atoms with van der Waals surface area (Å²) in [5.74, 6) is 0.474. The largest absolute Gasteiger partial charge is 0.494 e. The summed E-state index contributed by atoms with van der Waals surface area (Å²) in [5, 5.41) is 3.13. The Morgan fingerprint density at radius 2 is 1.95 bits per heavy atom. The number of benzene rings is 1. The third-order valence-corrected chi connectivity index (χ3v) is 3.68. The van der Waals surface area contributed by atoms with Gasteiger partial charge >= 0.3 is 0 Å². The summed E-state index contributed by atoms with van der Waals surface area (Å²) in [5.41, 5.74) is 6.05. The Hall–Kier alpha value is -1.55. The second kappa shape index (κ2) is 6.94. The molecule has 0 spiro atoms. The molecule has 0 aliphatic rings. The molecule has 4 heteroatoms. The molecule has 0 saturated heterocycles. The number of nitrogens with two attached hydrogens (primary N) is 1. The molecule has 1 unspecified atom stereocenters. The van der Waals surface area contributed by atoms with Gasteiger partial charge in [-0.05, 0) is 36.6 Å². The monoisotopic (exact) mass is 292 g/mol. The molecule has 0 fully saturated rings. The van der Waals surface area contributed by atoms with Crippen molar-refractivity contribution in [3.63, 3.8) is 0 Å². The highest BCUT2D eigenvalue weighted by molar-refractivity contribution is 5.84. The van der Waals surface area contributed by atoms with Crippen molar-refractivity contribution in [1.29, 1.82) is 0 Å². The lowest BCUT2D eigenvalue weighted by Gasteiger charge is -2.27. The number of rotatable bonds is 7. The molecule has 1 amide bonds. The second-order valence-electron chi connectivity index (χ2n) is 6.60. The van der Waals surface area contributed by atoms with Gasteiger partial charge in [0.1, 0.15) is 5.75 Å². The van der Waals surface area contributed by atoms with E-state index in [-0.39, 0.29) is 11.3 Å². The molecule has 0 aromatic heterocycles. The minimum absolute atomic E-state index is 0.0882. The predicted octanol–water partition coefficient (Wildman–Crippen LogP) is 2.61. The van der Waals surface area contributed by atoms with Gasteiger partial charge < -0.3 is 15.8 Å². The molecule has 0 aliphatic carbocycles. The lowest BCUT2D eigenvalue weighted by atomic mass is 9.87. The maximum absolute atomic E-state index is 11.5. The standard InChI is InChI=1S/C17H28N2O2/c1-6-19-17(5,15(18)20)10-11-21-14-9-7-8-13(12-14)16(2,3)4/h7-9,12,19H,6,10-11H2,1-5H3,(H2,18,20). The molecule has 3 N–H and O–H groups in total. The number of carbonyl (C=O) groups is 1. The third kappa shape index (κ3) is 5.05. The molecular formula is C17H28N2O2. The van der Waals surface area contributed by atoms with Crippen molar-refractivity contribution in [2.75, 3.05) is 13.2 Å². The van der Waals surface area contributed by atoms with Gasteiger partial charge in [-0.1, -0.05) is 39.8 Å². The van der Waals surface area contributed by atoms with Crippen molar-refractivity contribution in [2.24, 2.45) is 5.73 Å². The minimum atomic E-state index is -0.726. The van der Waals surface area contributed by atoms with Gasteiger partial charge in [-0.15, -0.1) is 0 Å². The number of likely N-dealkylation sites (N-methyl/N-ethyl adjacent to an activating group) is 1. The summed E-state index contributed by atoms with van der Waals surface area (Å²) in [6.45, 7) is 11.4. The Labute approximate surface area is 128 Å². The van der Waals surface area contributed by atoms with Crippen LogP contribution in [-0.4, -0.2) is 24.6 Å². The van der Waals surface area contributed by atoms with Crippen molar-refractivity contribution in [2.45, 2.75) is 52.0 Å². The number of primary amides is 1. The minimum Gasteiger partial charge on any atom is -0.494 e. The van der Waals surface area contributed by atoms with Gasteiger partial charge in [0.2, 0.25) is 5.91 Å². The summed E-state index contributed by atoms with van der Waals surface area (Å²) in [4.78, 5) is 11.5. The van der Waals surface area contributed by atoms with Crippen LogP contribution in [-0.2, 0) is 10.2 Å². The summed E-state index contributed by atoms with van der Waals surface area (Å²) in [7, 11) is 0. The van der Waals surface area contributed by atoms with Crippen LogP contribution < -0.4 is 15.8 Å². The average molecular weight is 292 g/mol. The summed E-state index contributed by atoms with van der Waals surface area (Å²) in [6, 6.07) is 8.07. The first-order chi connectivity index (χ1) is 9.69. The molecule has 4 nitrogen and oxygen atoms in total. The van der Waals surface area contributed by atoms with E-state index >= 15 is 0 Å². The molecule has 0 heterocycles. The number of amides is 1. The molecule has 1 aromatic carbocycles. The van der Waals surface area contributed by atoms with Crippen LogP contribution in [0.4, 0.5) is 0 Å². The summed E-state index contributed by atoms with van der Waals surface area (Å²) >= 11 is 0. The number of ether oxygens (including phenoxy) is 1. The average Bonchev–Trinajstić information content (AvgIpc) is 2.38. The number of hydrogen-bond donors (Lipinski definition) is 2. The van der Waals surface area contributed by atoms with E-state index in [4.69, 9.17) is 10.5 Å². The van der Waals surface area contributed by atoms with Gasteiger partial charge in [0.15, 0.2) is 0 Å². The van der Waals surface area contributed by atoms with Crippen molar-refractivity contribution in [1.82, 2.24) is 5.32 Å². The number of carbonyl (C=O) groups excluding carboxylic acids is 1. The molecular weight excluding hydrogens is 264 g/mol. The fourth-order valence-electron chi connectivity index (χ4n) is 2.11. The zero-order chi connectivity index (χ0) is 16.1. The fraction of sp³-hybridized carbons (Fsp3) is 0.588. The van der Waals surface area contributed by atoms with Gasteiger partial charge in [0, 0.05) is 6.42 Å². The number of hydrogen-bond acceptors (Lipinski definition) is 3. The fourth-order valence-corrected chi connectivity index (χ4v) is 2.11. The first-order valence-electron chi connectivity index (χ1n) is 7.47. The van der Waals surface area contributed by atoms with Crippen molar-refractivity contribution in [3.8, 4) is 5.75 Å². The molecule has 1 rings (SSSR count). The van der Waals surface area contributed by atoms with E-state index in [1.54, 1.807) is 0 Å². The predicted molar refractivity (Wildman–Crippen MR) is 86.5 cm³/mol. The van der Waals surface area contributed by atoms with Crippen molar-refractivity contribution >= 4 is 5.91 Å². The molecule has 0 aliphatic heterocycles. The Morgan fingerprint density at radius 1 is 1.29 bits per heavy atom. The van der Waals surface area contributed by atoms with E-state index in [2.05, 4.69) is 38.2 Å². The van der Waals surface area contributed by atoms with Gasteiger partial charge in [0.25, 0.3) is 0 Å². The van der Waals surface area contributed by atoms with Gasteiger partial charge in [0.05, 0.1) is 12.1 Å². The highest BCUT2D eigenvalue weighted by atomic mass is 16.5. The highest BCUT2D eigenvalue weighted by Gasteiger charge is 2.29. The quantitative estimate of drug-likeness (QED) is 0.812. The maximum Gasteiger partial charge on any atom is 0.237 e. The van der Waals surface area contributed by atoms with Crippen molar-refractivity contribution < 1.29 is 9.53 Å². The van der Waals surface area contributed by atoms with Crippen LogP contribution >= 0.6 is 0 Å². The van der Waals surface area contributed by atoms with Crippen LogP contribution in [0.1, 0.15) is 46.6 Å². The van der Waals surface area contributed by atoms with E-state index in [9.17, 15) is 4.79 Å². The van der Waals surface area contributed by atoms with E-state index in [1.807, 2.05) is 26.0 Å². The van der Waals surface area contributed by atoms with Crippen LogP contribution in [0.15, 0.2) is 24.3 Å². The van der Waals surface area contributed by atoms with Crippen LogP contribution in [0, 0.1) is 0 Å². The zero-order valence-corrected chi connectivity index (χ0v) is 13.8. The van der Waals surface area contributed by atoms with E-state index in [0.29, 0.717) is 19.6 Å². The second-order valence-corrected chi connectivity index (χ2v) is 6.60. The third-order valence-electron chi connectivity index (χ3n) is 3.68. The van der Waals surface area contributed by atoms with Gasteiger partial charge in [-0.3, -0.25) is 4.79 Å². The Kier molecular flexibility index (Phi) is 5.78. The first-order valence-corrected chi connectivity index (χ1v) is 7.47. The Bertz CT molecular complexity index is 480. The summed E-state index contributed by atoms with van der Waals surface area (Å²) in [6.07, 6.45) is 0.538. The summed E-state index contributed by atoms with van der Waals surface area (Å²) < 4.78 is 5.79. The normalized spacial score (nSPS) is 14.5. The van der Waals surface area contributed by atoms with Crippen LogP contribution in [0.2, 0.25) is 0 Å². The van der Waals surface area contributed by atoms with Crippen LogP contribution in [0.5, 0.6) is 5.75 Å².